The second-order valence-electron chi connectivity index (χ2n) is 5.94. The molecule has 3 rings (SSSR count). The van der Waals surface area contributed by atoms with Crippen molar-refractivity contribution >= 4 is 17.8 Å². The minimum atomic E-state index is -0.283. The Morgan fingerprint density at radius 3 is 2.09 bits per heavy atom. The second-order valence-corrected chi connectivity index (χ2v) is 5.94. The van der Waals surface area contributed by atoms with Gasteiger partial charge in [-0.15, -0.1) is 0 Å². The van der Waals surface area contributed by atoms with Gasteiger partial charge in [-0.1, -0.05) is 25.0 Å². The molecule has 0 atom stereocenters. The largest absolute Gasteiger partial charge is 0.336 e. The average Bonchev–Trinajstić information content (AvgIpc) is 2.78. The smallest absolute Gasteiger partial charge is 0.317 e. The zero-order chi connectivity index (χ0) is 16.2. The first kappa shape index (κ1) is 15.5. The van der Waals surface area contributed by atoms with Gasteiger partial charge in [0.05, 0.1) is 11.1 Å². The minimum absolute atomic E-state index is 0.108. The van der Waals surface area contributed by atoms with Gasteiger partial charge in [-0.05, 0) is 25.0 Å². The molecule has 23 heavy (non-hydrogen) atoms. The molecule has 1 saturated heterocycles. The zero-order valence-corrected chi connectivity index (χ0v) is 13.1. The van der Waals surface area contributed by atoms with Gasteiger partial charge in [-0.3, -0.25) is 14.5 Å². The molecular weight excluding hydrogens is 294 g/mol. The van der Waals surface area contributed by atoms with Crippen molar-refractivity contribution in [3.05, 3.63) is 35.4 Å². The lowest BCUT2D eigenvalue weighted by Crippen LogP contribution is -2.44. The van der Waals surface area contributed by atoms with Gasteiger partial charge in [-0.2, -0.15) is 0 Å². The van der Waals surface area contributed by atoms with Gasteiger partial charge in [0.2, 0.25) is 0 Å². The summed E-state index contributed by atoms with van der Waals surface area (Å²) >= 11 is 0. The van der Waals surface area contributed by atoms with Gasteiger partial charge in [0, 0.05) is 26.2 Å². The molecule has 0 radical (unpaired) electrons. The molecule has 6 heteroatoms. The molecule has 1 aromatic carbocycles. The molecule has 1 N–H and O–H groups in total. The first-order valence-electron chi connectivity index (χ1n) is 8.16. The van der Waals surface area contributed by atoms with Crippen molar-refractivity contribution in [2.75, 3.05) is 26.2 Å². The van der Waals surface area contributed by atoms with Crippen LogP contribution in [0.3, 0.4) is 0 Å². The Morgan fingerprint density at radius 1 is 0.957 bits per heavy atom. The molecule has 0 saturated carbocycles. The van der Waals surface area contributed by atoms with E-state index < -0.39 is 0 Å². The lowest BCUT2D eigenvalue weighted by Gasteiger charge is -2.21. The van der Waals surface area contributed by atoms with E-state index in [1.807, 2.05) is 4.90 Å². The van der Waals surface area contributed by atoms with Crippen LogP contribution in [0.15, 0.2) is 24.3 Å². The lowest BCUT2D eigenvalue weighted by atomic mass is 10.1. The predicted molar refractivity (Wildman–Crippen MR) is 85.2 cm³/mol. The molecule has 2 aliphatic rings. The number of rotatable bonds is 3. The van der Waals surface area contributed by atoms with E-state index in [0.717, 1.165) is 25.9 Å². The second kappa shape index (κ2) is 6.81. The van der Waals surface area contributed by atoms with Gasteiger partial charge in [-0.25, -0.2) is 4.79 Å². The summed E-state index contributed by atoms with van der Waals surface area (Å²) in [5, 5.41) is 2.82. The van der Waals surface area contributed by atoms with Crippen molar-refractivity contribution in [1.82, 2.24) is 15.1 Å². The number of imide groups is 1. The molecule has 1 fully saturated rings. The molecule has 0 spiro atoms. The van der Waals surface area contributed by atoms with Crippen molar-refractivity contribution in [1.29, 1.82) is 0 Å². The first-order valence-corrected chi connectivity index (χ1v) is 8.16. The van der Waals surface area contributed by atoms with Crippen LogP contribution in [0.2, 0.25) is 0 Å². The number of fused-ring (bicyclic) bond motifs is 1. The maximum absolute atomic E-state index is 12.2. The van der Waals surface area contributed by atoms with E-state index in [1.165, 1.54) is 17.7 Å². The summed E-state index contributed by atoms with van der Waals surface area (Å²) < 4.78 is 0. The highest BCUT2D eigenvalue weighted by Crippen LogP contribution is 2.21. The van der Waals surface area contributed by atoms with Gasteiger partial charge in [0.15, 0.2) is 0 Å². The Bertz CT molecular complexity index is 586. The third-order valence-corrected chi connectivity index (χ3v) is 4.38. The third-order valence-electron chi connectivity index (χ3n) is 4.38. The molecule has 0 bridgehead atoms. The van der Waals surface area contributed by atoms with Crippen molar-refractivity contribution in [2.24, 2.45) is 0 Å². The van der Waals surface area contributed by atoms with E-state index in [2.05, 4.69) is 5.32 Å². The van der Waals surface area contributed by atoms with Gasteiger partial charge in [0.1, 0.15) is 0 Å². The molecule has 122 valence electrons. The fourth-order valence-electron chi connectivity index (χ4n) is 3.10. The predicted octanol–water partition coefficient (Wildman–Crippen LogP) is 1.87. The highest BCUT2D eigenvalue weighted by molar-refractivity contribution is 6.21. The van der Waals surface area contributed by atoms with Crippen LogP contribution in [0.4, 0.5) is 4.79 Å². The third kappa shape index (κ3) is 3.21. The number of amides is 4. The maximum Gasteiger partial charge on any atom is 0.317 e. The van der Waals surface area contributed by atoms with Crippen LogP contribution in [0.5, 0.6) is 0 Å². The Morgan fingerprint density at radius 2 is 1.52 bits per heavy atom. The van der Waals surface area contributed by atoms with Gasteiger partial charge >= 0.3 is 6.03 Å². The molecular formula is C17H21N3O3. The zero-order valence-electron chi connectivity index (χ0n) is 13.1. The van der Waals surface area contributed by atoms with Gasteiger partial charge in [0.25, 0.3) is 11.8 Å². The quantitative estimate of drug-likeness (QED) is 0.866. The van der Waals surface area contributed by atoms with Crippen LogP contribution in [-0.4, -0.2) is 53.8 Å². The van der Waals surface area contributed by atoms with Crippen molar-refractivity contribution in [3.8, 4) is 0 Å². The van der Waals surface area contributed by atoms with E-state index in [0.29, 0.717) is 11.1 Å². The average molecular weight is 315 g/mol. The van der Waals surface area contributed by atoms with E-state index in [-0.39, 0.29) is 30.9 Å². The molecule has 6 nitrogen and oxygen atoms in total. The number of urea groups is 1. The Hall–Kier alpha value is -2.37. The fourth-order valence-corrected chi connectivity index (χ4v) is 3.10. The van der Waals surface area contributed by atoms with E-state index in [1.54, 1.807) is 24.3 Å². The minimum Gasteiger partial charge on any atom is -0.336 e. The summed E-state index contributed by atoms with van der Waals surface area (Å²) in [5.41, 5.74) is 0.882. The lowest BCUT2D eigenvalue weighted by molar-refractivity contribution is 0.0655. The summed E-state index contributed by atoms with van der Waals surface area (Å²) in [6, 6.07) is 6.70. The number of hydrogen-bond acceptors (Lipinski definition) is 3. The van der Waals surface area contributed by atoms with E-state index >= 15 is 0 Å². The number of hydrogen-bond donors (Lipinski definition) is 1. The molecule has 2 aliphatic heterocycles. The Labute approximate surface area is 135 Å². The summed E-state index contributed by atoms with van der Waals surface area (Å²) in [5.74, 6) is -0.566. The molecule has 0 aliphatic carbocycles. The van der Waals surface area contributed by atoms with Crippen LogP contribution in [-0.2, 0) is 0 Å². The normalized spacial score (nSPS) is 17.9. The number of nitrogens with one attached hydrogen (secondary N) is 1. The fraction of sp³-hybridized carbons (Fsp3) is 0.471. The molecule has 0 aromatic heterocycles. The standard InChI is InChI=1S/C17H21N3O3/c21-15-13-7-3-4-8-14(13)16(22)20(15)12-9-18-17(23)19-10-5-1-2-6-11-19/h3-4,7-8H,1-2,5-6,9-12H2,(H,18,23). The van der Waals surface area contributed by atoms with Crippen LogP contribution < -0.4 is 5.32 Å². The summed E-state index contributed by atoms with van der Waals surface area (Å²) in [4.78, 5) is 39.6. The van der Waals surface area contributed by atoms with Crippen molar-refractivity contribution in [3.63, 3.8) is 0 Å². The molecule has 2 heterocycles. The molecule has 4 amide bonds. The van der Waals surface area contributed by atoms with Crippen LogP contribution >= 0.6 is 0 Å². The van der Waals surface area contributed by atoms with Gasteiger partial charge < -0.3 is 10.2 Å². The number of benzene rings is 1. The van der Waals surface area contributed by atoms with Crippen LogP contribution in [0, 0.1) is 0 Å². The SMILES string of the molecule is O=C(NCCN1C(=O)c2ccccc2C1=O)N1CCCCCC1. The summed E-state index contributed by atoms with van der Waals surface area (Å²) in [6.45, 7) is 2.03. The summed E-state index contributed by atoms with van der Waals surface area (Å²) in [7, 11) is 0. The topological polar surface area (TPSA) is 69.7 Å². The number of nitrogens with zero attached hydrogens (tertiary/aromatic N) is 2. The maximum atomic E-state index is 12.2. The number of carbonyl (C=O) groups is 3. The first-order chi connectivity index (χ1) is 11.2. The Kier molecular flexibility index (Phi) is 4.60. The highest BCUT2D eigenvalue weighted by Gasteiger charge is 2.34. The highest BCUT2D eigenvalue weighted by atomic mass is 16.2. The Balaban J connectivity index is 1.52. The monoisotopic (exact) mass is 315 g/mol. The van der Waals surface area contributed by atoms with Crippen LogP contribution in [0.1, 0.15) is 46.4 Å². The van der Waals surface area contributed by atoms with E-state index in [9.17, 15) is 14.4 Å². The van der Waals surface area contributed by atoms with E-state index in [4.69, 9.17) is 0 Å². The van der Waals surface area contributed by atoms with Crippen molar-refractivity contribution < 1.29 is 14.4 Å². The molecule has 1 aromatic rings. The van der Waals surface area contributed by atoms with Crippen molar-refractivity contribution in [2.45, 2.75) is 25.7 Å². The number of likely N-dealkylation sites (tertiary alicyclic amines) is 1. The van der Waals surface area contributed by atoms with Crippen LogP contribution in [0.25, 0.3) is 0 Å². The molecule has 0 unspecified atom stereocenters. The number of carbonyl (C=O) groups excluding carboxylic acids is 3. The summed E-state index contributed by atoms with van der Waals surface area (Å²) in [6.07, 6.45) is 4.40.